The lowest BCUT2D eigenvalue weighted by Gasteiger charge is -2.43. The number of aromatic nitrogens is 5. The van der Waals surface area contributed by atoms with Crippen molar-refractivity contribution < 1.29 is 23.2 Å². The molecule has 0 radical (unpaired) electrons. The van der Waals surface area contributed by atoms with Crippen LogP contribution in [0.2, 0.25) is 0 Å². The maximum absolute atomic E-state index is 16.3. The molecular weight excluding hydrogens is 689 g/mol. The molecule has 2 saturated heterocycles. The number of anilines is 1. The summed E-state index contributed by atoms with van der Waals surface area (Å²) in [5.41, 5.74) is 3.65. The first kappa shape index (κ1) is 37.2. The molecule has 14 heteroatoms. The van der Waals surface area contributed by atoms with Crippen molar-refractivity contribution in [3.05, 3.63) is 65.3 Å². The van der Waals surface area contributed by atoms with Crippen LogP contribution >= 0.6 is 0 Å². The van der Waals surface area contributed by atoms with E-state index in [2.05, 4.69) is 58.4 Å². The minimum absolute atomic E-state index is 0.0661. The van der Waals surface area contributed by atoms with Crippen molar-refractivity contribution in [1.29, 1.82) is 0 Å². The normalized spacial score (nSPS) is 17.0. The molecule has 1 atom stereocenters. The van der Waals surface area contributed by atoms with Crippen LogP contribution in [0.25, 0.3) is 33.2 Å². The summed E-state index contributed by atoms with van der Waals surface area (Å²) in [5, 5.41) is 8.37. The number of hydrogen-bond donors (Lipinski definition) is 2. The van der Waals surface area contributed by atoms with Crippen LogP contribution in [0.4, 0.5) is 14.9 Å². The van der Waals surface area contributed by atoms with E-state index in [4.69, 9.17) is 9.26 Å². The minimum atomic E-state index is -0.520. The lowest BCUT2D eigenvalue weighted by molar-refractivity contribution is 0.0140. The van der Waals surface area contributed by atoms with Gasteiger partial charge in [-0.25, -0.2) is 19.2 Å². The molecule has 286 valence electrons. The van der Waals surface area contributed by atoms with Gasteiger partial charge in [0, 0.05) is 72.9 Å². The fourth-order valence-corrected chi connectivity index (χ4v) is 7.51. The lowest BCUT2D eigenvalue weighted by atomic mass is 9.96. The smallest absolute Gasteiger partial charge is 0.410 e. The molecule has 2 aromatic carbocycles. The Morgan fingerprint density at radius 3 is 2.39 bits per heavy atom. The highest BCUT2D eigenvalue weighted by molar-refractivity contribution is 6.12. The highest BCUT2D eigenvalue weighted by atomic mass is 19.1. The van der Waals surface area contributed by atoms with Gasteiger partial charge in [-0.15, -0.1) is 0 Å². The van der Waals surface area contributed by atoms with Crippen LogP contribution in [0.15, 0.2) is 41.2 Å². The average molecular weight is 740 g/mol. The van der Waals surface area contributed by atoms with E-state index < -0.39 is 28.8 Å². The number of amides is 2. The number of piperazine rings is 1. The second kappa shape index (κ2) is 14.3. The predicted octanol–water partition coefficient (Wildman–Crippen LogP) is 6.92. The molecule has 0 aliphatic carbocycles. The first-order chi connectivity index (χ1) is 25.6. The number of carbonyl (C=O) groups is 2. The number of likely N-dealkylation sites (tertiary alicyclic amines) is 1. The molecule has 0 unspecified atom stereocenters. The molecule has 5 heterocycles. The van der Waals surface area contributed by atoms with Crippen LogP contribution in [0, 0.1) is 12.7 Å². The zero-order valence-electron chi connectivity index (χ0n) is 32.4. The summed E-state index contributed by atoms with van der Waals surface area (Å²) in [7, 11) is 0. The van der Waals surface area contributed by atoms with E-state index in [0.717, 1.165) is 61.0 Å². The summed E-state index contributed by atoms with van der Waals surface area (Å²) in [6, 6.07) is 9.78. The van der Waals surface area contributed by atoms with Gasteiger partial charge in [-0.2, -0.15) is 4.98 Å². The molecule has 2 fully saturated rings. The number of halogens is 1. The standard InChI is InChI=1S/C40H50FN9O4/c1-23-27(24(2)44-36(51)35-46-37(54-47-35)39(3,4)5)11-12-29(32(23)41)33-31-28-10-9-26(21-30(28)45-34(31)43-22-42-33)49-19-17-48(18-20-49)25-13-15-50(16-14-25)38(52)53-40(6,7)8/h9-12,21-22,24-25H,13-20H2,1-8H3,(H,44,51)(H,42,43,45)/t24-/m1/s1. The number of nitrogens with zero attached hydrogens (tertiary/aromatic N) is 7. The van der Waals surface area contributed by atoms with E-state index in [0.29, 0.717) is 53.1 Å². The number of H-pyrrole nitrogens is 1. The number of piperidine rings is 1. The van der Waals surface area contributed by atoms with Gasteiger partial charge in [0.15, 0.2) is 0 Å². The number of ether oxygens (including phenoxy) is 1. The SMILES string of the molecule is Cc1c([C@@H](C)NC(=O)c2noc(C(C)(C)C)n2)ccc(-c2ncnc3[nH]c4cc(N5CCN(C6CCN(C(=O)OC(C)(C)C)CC6)CC5)ccc4c23)c1F. The first-order valence-corrected chi connectivity index (χ1v) is 18.7. The molecule has 0 spiro atoms. The van der Waals surface area contributed by atoms with Gasteiger partial charge in [-0.3, -0.25) is 9.69 Å². The summed E-state index contributed by atoms with van der Waals surface area (Å²) in [6.07, 6.45) is 3.12. The first-order valence-electron chi connectivity index (χ1n) is 18.7. The Labute approximate surface area is 314 Å². The summed E-state index contributed by atoms with van der Waals surface area (Å²) >= 11 is 0. The lowest BCUT2D eigenvalue weighted by Crippen LogP contribution is -2.54. The van der Waals surface area contributed by atoms with Crippen molar-refractivity contribution in [2.24, 2.45) is 0 Å². The van der Waals surface area contributed by atoms with Crippen LogP contribution in [-0.4, -0.2) is 97.8 Å². The predicted molar refractivity (Wildman–Crippen MR) is 205 cm³/mol. The summed E-state index contributed by atoms with van der Waals surface area (Å²) in [6.45, 7) is 20.1. The van der Waals surface area contributed by atoms with E-state index in [1.165, 1.54) is 6.33 Å². The third kappa shape index (κ3) is 7.48. The van der Waals surface area contributed by atoms with Crippen molar-refractivity contribution in [1.82, 2.24) is 40.2 Å². The Bertz CT molecular complexity index is 2190. The molecule has 2 amide bonds. The molecule has 2 aliphatic heterocycles. The van der Waals surface area contributed by atoms with Gasteiger partial charge in [0.1, 0.15) is 23.4 Å². The van der Waals surface area contributed by atoms with Crippen molar-refractivity contribution in [3.63, 3.8) is 0 Å². The van der Waals surface area contributed by atoms with Gasteiger partial charge in [0.25, 0.3) is 11.7 Å². The van der Waals surface area contributed by atoms with Crippen molar-refractivity contribution in [3.8, 4) is 11.3 Å². The van der Waals surface area contributed by atoms with Gasteiger partial charge in [0.2, 0.25) is 5.89 Å². The highest BCUT2D eigenvalue weighted by Gasteiger charge is 2.32. The second-order valence-electron chi connectivity index (χ2n) is 16.5. The fourth-order valence-electron chi connectivity index (χ4n) is 7.51. The molecular formula is C40H50FN9O4. The van der Waals surface area contributed by atoms with E-state index in [-0.39, 0.29) is 11.9 Å². The van der Waals surface area contributed by atoms with Crippen LogP contribution < -0.4 is 10.2 Å². The maximum Gasteiger partial charge on any atom is 0.410 e. The largest absolute Gasteiger partial charge is 0.444 e. The maximum atomic E-state index is 16.3. The summed E-state index contributed by atoms with van der Waals surface area (Å²) in [4.78, 5) is 49.0. The van der Waals surface area contributed by atoms with Crippen LogP contribution in [0.1, 0.15) is 95.0 Å². The quantitative estimate of drug-likeness (QED) is 0.188. The third-order valence-electron chi connectivity index (χ3n) is 10.5. The molecule has 0 saturated carbocycles. The van der Waals surface area contributed by atoms with E-state index in [1.807, 2.05) is 52.5 Å². The van der Waals surface area contributed by atoms with Crippen LogP contribution in [0.3, 0.4) is 0 Å². The Morgan fingerprint density at radius 1 is 1.00 bits per heavy atom. The zero-order valence-corrected chi connectivity index (χ0v) is 32.4. The highest BCUT2D eigenvalue weighted by Crippen LogP contribution is 2.37. The average Bonchev–Trinajstić information content (AvgIpc) is 3.78. The van der Waals surface area contributed by atoms with Gasteiger partial charge in [-0.05, 0) is 76.8 Å². The summed E-state index contributed by atoms with van der Waals surface area (Å²) < 4.78 is 27.1. The molecule has 54 heavy (non-hydrogen) atoms. The van der Waals surface area contributed by atoms with Gasteiger partial charge in [0.05, 0.1) is 17.1 Å². The second-order valence-corrected chi connectivity index (χ2v) is 16.5. The third-order valence-corrected chi connectivity index (χ3v) is 10.5. The Morgan fingerprint density at radius 2 is 1.72 bits per heavy atom. The fraction of sp³-hybridized carbons (Fsp3) is 0.500. The molecule has 7 rings (SSSR count). The minimum Gasteiger partial charge on any atom is -0.444 e. The number of rotatable bonds is 6. The van der Waals surface area contributed by atoms with Crippen LogP contribution in [-0.2, 0) is 10.2 Å². The number of fused-ring (bicyclic) bond motifs is 3. The van der Waals surface area contributed by atoms with Gasteiger partial charge >= 0.3 is 6.09 Å². The van der Waals surface area contributed by atoms with Gasteiger partial charge < -0.3 is 29.4 Å². The Kier molecular flexibility index (Phi) is 9.84. The number of aromatic amines is 1. The Hall–Kier alpha value is -5.11. The van der Waals surface area contributed by atoms with Gasteiger partial charge in [-0.1, -0.05) is 38.1 Å². The number of nitrogens with one attached hydrogen (secondary N) is 2. The number of benzene rings is 2. The zero-order chi connectivity index (χ0) is 38.5. The number of carbonyl (C=O) groups excluding carboxylic acids is 2. The molecule has 3 aromatic heterocycles. The molecule has 0 bridgehead atoms. The van der Waals surface area contributed by atoms with Crippen molar-refractivity contribution in [2.45, 2.75) is 91.3 Å². The molecule has 2 N–H and O–H groups in total. The monoisotopic (exact) mass is 739 g/mol. The molecule has 13 nitrogen and oxygen atoms in total. The number of hydrogen-bond acceptors (Lipinski definition) is 10. The van der Waals surface area contributed by atoms with Crippen molar-refractivity contribution in [2.75, 3.05) is 44.2 Å². The molecule has 2 aliphatic rings. The van der Waals surface area contributed by atoms with E-state index in [9.17, 15) is 9.59 Å². The van der Waals surface area contributed by atoms with Crippen LogP contribution in [0.5, 0.6) is 0 Å². The van der Waals surface area contributed by atoms with E-state index in [1.54, 1.807) is 19.9 Å². The Balaban J connectivity index is 1.04. The van der Waals surface area contributed by atoms with E-state index >= 15 is 4.39 Å². The summed E-state index contributed by atoms with van der Waals surface area (Å²) in [5.74, 6) is -0.618. The van der Waals surface area contributed by atoms with Crippen molar-refractivity contribution >= 4 is 39.6 Å². The molecule has 5 aromatic rings. The topological polar surface area (TPSA) is 146 Å².